The van der Waals surface area contributed by atoms with Gasteiger partial charge < -0.3 is 20.0 Å². The van der Waals surface area contributed by atoms with E-state index in [0.29, 0.717) is 13.2 Å². The van der Waals surface area contributed by atoms with Crippen LogP contribution in [0, 0.1) is 0 Å². The third-order valence-electron chi connectivity index (χ3n) is 2.54. The fourth-order valence-corrected chi connectivity index (χ4v) is 1.41. The Morgan fingerprint density at radius 3 is 2.50 bits per heavy atom. The van der Waals surface area contributed by atoms with Crippen LogP contribution >= 0.6 is 0 Å². The molecular weight excluding hydrogens is 256 g/mol. The summed E-state index contributed by atoms with van der Waals surface area (Å²) in [5.41, 5.74) is 0.962. The molecule has 0 radical (unpaired) electrons. The molecule has 1 rings (SSSR count). The van der Waals surface area contributed by atoms with Crippen LogP contribution in [0.3, 0.4) is 0 Å². The Balaban J connectivity index is 2.26. The van der Waals surface area contributed by atoms with Gasteiger partial charge in [-0.25, -0.2) is 0 Å². The van der Waals surface area contributed by atoms with Crippen LogP contribution in [0.15, 0.2) is 29.4 Å². The molecule has 1 atom stereocenters. The van der Waals surface area contributed by atoms with Crippen molar-refractivity contribution in [2.24, 2.45) is 5.16 Å². The lowest BCUT2D eigenvalue weighted by Crippen LogP contribution is -2.41. The number of β-amino-alcohol motifs (C(OH)–C–C–N with tert-alkyl or cyclic N) is 1. The van der Waals surface area contributed by atoms with E-state index in [1.54, 1.807) is 7.11 Å². The summed E-state index contributed by atoms with van der Waals surface area (Å²) in [4.78, 5) is 5.14. The first kappa shape index (κ1) is 16.5. The average molecular weight is 280 g/mol. The van der Waals surface area contributed by atoms with Crippen molar-refractivity contribution >= 4 is 6.21 Å². The first-order valence-corrected chi connectivity index (χ1v) is 6.62. The van der Waals surface area contributed by atoms with Gasteiger partial charge >= 0.3 is 0 Å². The van der Waals surface area contributed by atoms with Gasteiger partial charge in [0.1, 0.15) is 18.5 Å². The Morgan fingerprint density at radius 1 is 1.30 bits per heavy atom. The van der Waals surface area contributed by atoms with Crippen LogP contribution in [0.2, 0.25) is 0 Å². The minimum absolute atomic E-state index is 0.0290. The predicted molar refractivity (Wildman–Crippen MR) is 80.0 cm³/mol. The standard InChI is InChI=1S/C15H24N2O3/c1-15(2,3)16-9-13(18)10-17-20-11-12-5-7-14(19-4)8-6-12/h5-8,10,13,16,18H,9,11H2,1-4H3/b17-10+. The van der Waals surface area contributed by atoms with Crippen LogP contribution < -0.4 is 10.1 Å². The molecule has 1 aromatic rings. The van der Waals surface area contributed by atoms with Gasteiger partial charge in [-0.1, -0.05) is 17.3 Å². The minimum atomic E-state index is -0.662. The monoisotopic (exact) mass is 280 g/mol. The second kappa shape index (κ2) is 7.87. The largest absolute Gasteiger partial charge is 0.497 e. The van der Waals surface area contributed by atoms with Crippen molar-refractivity contribution in [1.82, 2.24) is 5.32 Å². The molecule has 0 bridgehead atoms. The first-order chi connectivity index (χ1) is 9.40. The van der Waals surface area contributed by atoms with Crippen LogP contribution in [0.5, 0.6) is 5.75 Å². The normalized spacial score (nSPS) is 13.4. The number of nitrogens with one attached hydrogen (secondary N) is 1. The van der Waals surface area contributed by atoms with Gasteiger partial charge in [0, 0.05) is 12.1 Å². The number of aliphatic hydroxyl groups is 1. The van der Waals surface area contributed by atoms with E-state index >= 15 is 0 Å². The number of methoxy groups -OCH3 is 1. The number of benzene rings is 1. The number of ether oxygens (including phenoxy) is 1. The smallest absolute Gasteiger partial charge is 0.142 e. The van der Waals surface area contributed by atoms with Crippen molar-refractivity contribution in [2.75, 3.05) is 13.7 Å². The maximum Gasteiger partial charge on any atom is 0.142 e. The van der Waals surface area contributed by atoms with Crippen molar-refractivity contribution < 1.29 is 14.7 Å². The third kappa shape index (κ3) is 7.11. The molecule has 0 aromatic heterocycles. The van der Waals surface area contributed by atoms with Gasteiger partial charge in [-0.15, -0.1) is 0 Å². The topological polar surface area (TPSA) is 63.1 Å². The zero-order valence-corrected chi connectivity index (χ0v) is 12.6. The summed E-state index contributed by atoms with van der Waals surface area (Å²) in [5, 5.41) is 16.6. The molecule has 1 aromatic carbocycles. The van der Waals surface area contributed by atoms with Crippen LogP contribution in [-0.2, 0) is 11.4 Å². The Labute approximate surface area is 120 Å². The second-order valence-corrected chi connectivity index (χ2v) is 5.57. The lowest BCUT2D eigenvalue weighted by atomic mass is 10.1. The van der Waals surface area contributed by atoms with E-state index in [1.165, 1.54) is 6.21 Å². The molecule has 5 heteroatoms. The highest BCUT2D eigenvalue weighted by atomic mass is 16.6. The van der Waals surface area contributed by atoms with Crippen molar-refractivity contribution in [2.45, 2.75) is 39.0 Å². The van der Waals surface area contributed by atoms with Gasteiger partial charge in [-0.3, -0.25) is 0 Å². The Kier molecular flexibility index (Phi) is 6.48. The van der Waals surface area contributed by atoms with Crippen LogP contribution in [-0.4, -0.2) is 36.6 Å². The lowest BCUT2D eigenvalue weighted by Gasteiger charge is -2.21. The fourth-order valence-electron chi connectivity index (χ4n) is 1.41. The summed E-state index contributed by atoms with van der Waals surface area (Å²) in [6.07, 6.45) is 0.729. The van der Waals surface area contributed by atoms with E-state index in [0.717, 1.165) is 11.3 Å². The van der Waals surface area contributed by atoms with Gasteiger partial charge in [0.05, 0.1) is 13.3 Å². The predicted octanol–water partition coefficient (Wildman–Crippen LogP) is 1.95. The number of rotatable bonds is 7. The second-order valence-electron chi connectivity index (χ2n) is 5.57. The fraction of sp³-hybridized carbons (Fsp3) is 0.533. The Hall–Kier alpha value is -1.59. The maximum absolute atomic E-state index is 9.67. The molecule has 0 heterocycles. The number of hydrogen-bond donors (Lipinski definition) is 2. The first-order valence-electron chi connectivity index (χ1n) is 6.62. The summed E-state index contributed by atoms with van der Waals surface area (Å²) in [6, 6.07) is 7.55. The SMILES string of the molecule is COc1ccc(CO/N=C/C(O)CNC(C)(C)C)cc1. The van der Waals surface area contributed by atoms with E-state index in [2.05, 4.69) is 10.5 Å². The summed E-state index contributed by atoms with van der Waals surface area (Å²) in [7, 11) is 1.63. The molecule has 2 N–H and O–H groups in total. The number of hydrogen-bond acceptors (Lipinski definition) is 5. The highest BCUT2D eigenvalue weighted by Gasteiger charge is 2.10. The van der Waals surface area contributed by atoms with Crippen molar-refractivity contribution in [1.29, 1.82) is 0 Å². The molecular formula is C15H24N2O3. The van der Waals surface area contributed by atoms with E-state index < -0.39 is 6.10 Å². The molecule has 0 aliphatic rings. The van der Waals surface area contributed by atoms with Crippen molar-refractivity contribution in [3.05, 3.63) is 29.8 Å². The Bertz CT molecular complexity index is 410. The summed E-state index contributed by atoms with van der Waals surface area (Å²) in [6.45, 7) is 6.92. The zero-order chi connectivity index (χ0) is 15.0. The number of oxime groups is 1. The van der Waals surface area contributed by atoms with Crippen LogP contribution in [0.4, 0.5) is 0 Å². The zero-order valence-electron chi connectivity index (χ0n) is 12.6. The number of nitrogens with zero attached hydrogens (tertiary/aromatic N) is 1. The summed E-state index contributed by atoms with van der Waals surface area (Å²) in [5.74, 6) is 0.806. The van der Waals surface area contributed by atoms with Crippen molar-refractivity contribution in [3.63, 3.8) is 0 Å². The molecule has 0 saturated carbocycles. The molecule has 0 amide bonds. The van der Waals surface area contributed by atoms with Crippen molar-refractivity contribution in [3.8, 4) is 5.75 Å². The molecule has 20 heavy (non-hydrogen) atoms. The molecule has 0 saturated heterocycles. The van der Waals surface area contributed by atoms with Crippen LogP contribution in [0.1, 0.15) is 26.3 Å². The molecule has 0 aliphatic carbocycles. The van der Waals surface area contributed by atoms with E-state index in [4.69, 9.17) is 9.57 Å². The quantitative estimate of drug-likeness (QED) is 0.592. The summed E-state index contributed by atoms with van der Waals surface area (Å²) >= 11 is 0. The highest BCUT2D eigenvalue weighted by molar-refractivity contribution is 5.62. The average Bonchev–Trinajstić information content (AvgIpc) is 2.41. The van der Waals surface area contributed by atoms with Gasteiger partial charge in [0.25, 0.3) is 0 Å². The van der Waals surface area contributed by atoms with Gasteiger partial charge in [-0.05, 0) is 38.5 Å². The Morgan fingerprint density at radius 2 is 1.95 bits per heavy atom. The third-order valence-corrected chi connectivity index (χ3v) is 2.54. The van der Waals surface area contributed by atoms with Gasteiger partial charge in [0.2, 0.25) is 0 Å². The van der Waals surface area contributed by atoms with E-state index in [9.17, 15) is 5.11 Å². The molecule has 5 nitrogen and oxygen atoms in total. The lowest BCUT2D eigenvalue weighted by molar-refractivity contribution is 0.126. The minimum Gasteiger partial charge on any atom is -0.497 e. The molecule has 0 fully saturated rings. The van der Waals surface area contributed by atoms with Gasteiger partial charge in [-0.2, -0.15) is 0 Å². The van der Waals surface area contributed by atoms with Crippen LogP contribution in [0.25, 0.3) is 0 Å². The van der Waals surface area contributed by atoms with E-state index in [1.807, 2.05) is 45.0 Å². The molecule has 112 valence electrons. The maximum atomic E-state index is 9.67. The molecule has 1 unspecified atom stereocenters. The number of aliphatic hydroxyl groups excluding tert-OH is 1. The molecule has 0 spiro atoms. The highest BCUT2D eigenvalue weighted by Crippen LogP contribution is 2.11. The molecule has 0 aliphatic heterocycles. The van der Waals surface area contributed by atoms with Gasteiger partial charge in [0.15, 0.2) is 0 Å². The summed E-state index contributed by atoms with van der Waals surface area (Å²) < 4.78 is 5.07. The van der Waals surface area contributed by atoms with E-state index in [-0.39, 0.29) is 5.54 Å².